The number of likely N-dealkylation sites (tertiary alicyclic amines) is 1. The molecular weight excluding hydrogens is 178 g/mol. The molecule has 82 valence electrons. The quantitative estimate of drug-likeness (QED) is 0.395. The number of amides is 1. The number of nitrogens with two attached hydrogens (primary N) is 1. The maximum absolute atomic E-state index is 11.6. The van der Waals surface area contributed by atoms with Crippen LogP contribution in [-0.4, -0.2) is 43.0 Å². The molecule has 2 N–H and O–H groups in total. The van der Waals surface area contributed by atoms with Gasteiger partial charge in [0.15, 0.2) is 0 Å². The molecule has 1 unspecified atom stereocenters. The van der Waals surface area contributed by atoms with Crippen molar-refractivity contribution in [1.29, 1.82) is 0 Å². The van der Waals surface area contributed by atoms with E-state index in [0.29, 0.717) is 5.92 Å². The van der Waals surface area contributed by atoms with Crippen LogP contribution in [0.3, 0.4) is 0 Å². The highest BCUT2D eigenvalue weighted by Gasteiger charge is 2.27. The minimum atomic E-state index is 0.0551. The first-order chi connectivity index (χ1) is 6.52. The summed E-state index contributed by atoms with van der Waals surface area (Å²) in [5.74, 6) is 6.07. The maximum Gasteiger partial charge on any atom is 0.239 e. The van der Waals surface area contributed by atoms with Crippen LogP contribution >= 0.6 is 0 Å². The Morgan fingerprint density at radius 3 is 2.43 bits per heavy atom. The van der Waals surface area contributed by atoms with E-state index in [9.17, 15) is 4.79 Å². The van der Waals surface area contributed by atoms with Gasteiger partial charge in [0.1, 0.15) is 0 Å². The van der Waals surface area contributed by atoms with E-state index in [1.54, 1.807) is 7.05 Å². The summed E-state index contributed by atoms with van der Waals surface area (Å²) in [6.45, 7) is 4.18. The molecule has 0 radical (unpaired) electrons. The summed E-state index contributed by atoms with van der Waals surface area (Å²) in [7, 11) is 3.74. The molecule has 1 saturated heterocycles. The second-order valence-corrected chi connectivity index (χ2v) is 4.38. The van der Waals surface area contributed by atoms with Crippen LogP contribution in [0.4, 0.5) is 0 Å². The minimum absolute atomic E-state index is 0.0551. The SMILES string of the molecule is CC(C(=O)N(C)N)C1CCN(C)CC1. The van der Waals surface area contributed by atoms with E-state index >= 15 is 0 Å². The molecule has 14 heavy (non-hydrogen) atoms. The van der Waals surface area contributed by atoms with Gasteiger partial charge in [0, 0.05) is 13.0 Å². The molecule has 1 fully saturated rings. The summed E-state index contributed by atoms with van der Waals surface area (Å²) in [4.78, 5) is 13.9. The Bertz CT molecular complexity index is 198. The molecule has 1 aliphatic heterocycles. The van der Waals surface area contributed by atoms with Crippen molar-refractivity contribution in [2.45, 2.75) is 19.8 Å². The van der Waals surface area contributed by atoms with E-state index in [4.69, 9.17) is 5.84 Å². The van der Waals surface area contributed by atoms with Gasteiger partial charge in [-0.05, 0) is 38.9 Å². The zero-order valence-electron chi connectivity index (χ0n) is 9.36. The minimum Gasteiger partial charge on any atom is -0.306 e. The first-order valence-electron chi connectivity index (χ1n) is 5.23. The summed E-state index contributed by atoms with van der Waals surface area (Å²) in [6, 6.07) is 0. The molecule has 0 bridgehead atoms. The van der Waals surface area contributed by atoms with E-state index in [2.05, 4.69) is 11.9 Å². The van der Waals surface area contributed by atoms with Gasteiger partial charge in [-0.15, -0.1) is 0 Å². The standard InChI is InChI=1S/C10H21N3O/c1-8(10(14)13(3)11)9-4-6-12(2)7-5-9/h8-9H,4-7,11H2,1-3H3. The monoisotopic (exact) mass is 199 g/mol. The van der Waals surface area contributed by atoms with Gasteiger partial charge in [-0.25, -0.2) is 5.84 Å². The average molecular weight is 199 g/mol. The average Bonchev–Trinajstić information content (AvgIpc) is 2.16. The normalized spacial score (nSPS) is 22.0. The molecule has 4 heteroatoms. The third-order valence-electron chi connectivity index (χ3n) is 3.21. The van der Waals surface area contributed by atoms with Crippen molar-refractivity contribution < 1.29 is 4.79 Å². The number of carbonyl (C=O) groups is 1. The van der Waals surface area contributed by atoms with E-state index in [1.165, 1.54) is 5.01 Å². The Balaban J connectivity index is 2.45. The third-order valence-corrected chi connectivity index (χ3v) is 3.21. The molecule has 1 heterocycles. The van der Waals surface area contributed by atoms with Crippen LogP contribution in [0.2, 0.25) is 0 Å². The summed E-state index contributed by atoms with van der Waals surface area (Å²) in [5, 5.41) is 1.21. The lowest BCUT2D eigenvalue weighted by molar-refractivity contribution is -0.136. The number of nitrogens with zero attached hydrogens (tertiary/aromatic N) is 2. The number of rotatable bonds is 2. The zero-order valence-corrected chi connectivity index (χ0v) is 9.36. The Kier molecular flexibility index (Phi) is 3.89. The van der Waals surface area contributed by atoms with Crippen molar-refractivity contribution in [1.82, 2.24) is 9.91 Å². The van der Waals surface area contributed by atoms with Crippen molar-refractivity contribution in [2.75, 3.05) is 27.2 Å². The summed E-state index contributed by atoms with van der Waals surface area (Å²) in [6.07, 6.45) is 2.22. The van der Waals surface area contributed by atoms with Gasteiger partial charge in [0.2, 0.25) is 5.91 Å². The molecule has 0 aliphatic carbocycles. The fraction of sp³-hybridized carbons (Fsp3) is 0.900. The molecule has 1 amide bonds. The second-order valence-electron chi connectivity index (χ2n) is 4.38. The van der Waals surface area contributed by atoms with Crippen LogP contribution in [0, 0.1) is 11.8 Å². The lowest BCUT2D eigenvalue weighted by Gasteiger charge is -2.32. The van der Waals surface area contributed by atoms with Crippen molar-refractivity contribution in [3.63, 3.8) is 0 Å². The maximum atomic E-state index is 11.6. The van der Waals surface area contributed by atoms with Crippen molar-refractivity contribution in [2.24, 2.45) is 17.7 Å². The van der Waals surface area contributed by atoms with Crippen LogP contribution in [0.15, 0.2) is 0 Å². The van der Waals surface area contributed by atoms with E-state index in [0.717, 1.165) is 25.9 Å². The van der Waals surface area contributed by atoms with Crippen LogP contribution in [-0.2, 0) is 4.79 Å². The molecule has 1 aliphatic rings. The molecule has 4 nitrogen and oxygen atoms in total. The lowest BCUT2D eigenvalue weighted by Crippen LogP contribution is -2.42. The summed E-state index contributed by atoms with van der Waals surface area (Å²) >= 11 is 0. The number of hydrogen-bond acceptors (Lipinski definition) is 3. The lowest BCUT2D eigenvalue weighted by atomic mass is 9.85. The molecule has 1 atom stereocenters. The van der Waals surface area contributed by atoms with Gasteiger partial charge in [0.05, 0.1) is 0 Å². The molecule has 0 aromatic carbocycles. The highest BCUT2D eigenvalue weighted by molar-refractivity contribution is 5.77. The fourth-order valence-corrected chi connectivity index (χ4v) is 2.05. The van der Waals surface area contributed by atoms with Gasteiger partial charge in [-0.3, -0.25) is 9.80 Å². The van der Waals surface area contributed by atoms with E-state index < -0.39 is 0 Å². The number of hydrazine groups is 1. The van der Waals surface area contributed by atoms with Crippen molar-refractivity contribution in [3.05, 3.63) is 0 Å². The van der Waals surface area contributed by atoms with Crippen LogP contribution in [0.25, 0.3) is 0 Å². The predicted octanol–water partition coefficient (Wildman–Crippen LogP) is 0.296. The van der Waals surface area contributed by atoms with Gasteiger partial charge in [-0.2, -0.15) is 0 Å². The van der Waals surface area contributed by atoms with Crippen LogP contribution in [0.5, 0.6) is 0 Å². The molecule has 1 rings (SSSR count). The smallest absolute Gasteiger partial charge is 0.239 e. The van der Waals surface area contributed by atoms with Crippen molar-refractivity contribution >= 4 is 5.91 Å². The zero-order chi connectivity index (χ0) is 10.7. The number of hydrogen-bond donors (Lipinski definition) is 1. The van der Waals surface area contributed by atoms with Gasteiger partial charge in [0.25, 0.3) is 0 Å². The Labute approximate surface area is 86.0 Å². The second kappa shape index (κ2) is 4.75. The van der Waals surface area contributed by atoms with Crippen LogP contribution in [0.1, 0.15) is 19.8 Å². The molecular formula is C10H21N3O. The Morgan fingerprint density at radius 1 is 1.50 bits per heavy atom. The first kappa shape index (κ1) is 11.5. The van der Waals surface area contributed by atoms with E-state index in [-0.39, 0.29) is 11.8 Å². The Hall–Kier alpha value is -0.610. The molecule has 0 aromatic rings. The number of carbonyl (C=O) groups excluding carboxylic acids is 1. The topological polar surface area (TPSA) is 49.6 Å². The first-order valence-corrected chi connectivity index (χ1v) is 5.23. The molecule has 0 saturated carbocycles. The Morgan fingerprint density at radius 2 is 2.00 bits per heavy atom. The largest absolute Gasteiger partial charge is 0.306 e. The fourth-order valence-electron chi connectivity index (χ4n) is 2.05. The molecule has 0 spiro atoms. The van der Waals surface area contributed by atoms with Crippen molar-refractivity contribution in [3.8, 4) is 0 Å². The number of piperidine rings is 1. The highest BCUT2D eigenvalue weighted by atomic mass is 16.2. The molecule has 0 aromatic heterocycles. The van der Waals surface area contributed by atoms with Gasteiger partial charge < -0.3 is 4.90 Å². The van der Waals surface area contributed by atoms with Crippen LogP contribution < -0.4 is 5.84 Å². The summed E-state index contributed by atoms with van der Waals surface area (Å²) in [5.41, 5.74) is 0. The predicted molar refractivity (Wildman–Crippen MR) is 56.3 cm³/mol. The van der Waals surface area contributed by atoms with E-state index in [1.807, 2.05) is 6.92 Å². The van der Waals surface area contributed by atoms with Gasteiger partial charge >= 0.3 is 0 Å². The summed E-state index contributed by atoms with van der Waals surface area (Å²) < 4.78 is 0. The highest BCUT2D eigenvalue weighted by Crippen LogP contribution is 2.24. The van der Waals surface area contributed by atoms with Gasteiger partial charge in [-0.1, -0.05) is 6.92 Å². The third kappa shape index (κ3) is 2.69.